The molecule has 0 spiro atoms. The molecule has 7 nitrogen and oxygen atoms in total. The van der Waals surface area contributed by atoms with Gasteiger partial charge in [-0.1, -0.05) is 0 Å². The minimum Gasteiger partial charge on any atom is -0.373 e. The molecule has 1 saturated heterocycles. The summed E-state index contributed by atoms with van der Waals surface area (Å²) in [6.07, 6.45) is 0.197. The second-order valence-corrected chi connectivity index (χ2v) is 7.75. The second-order valence-electron chi connectivity index (χ2n) is 7.75. The van der Waals surface area contributed by atoms with E-state index in [1.165, 1.54) is 12.1 Å². The maximum Gasteiger partial charge on any atom is 0.159 e. The molecule has 0 aliphatic carbocycles. The maximum absolute atomic E-state index is 13.4. The van der Waals surface area contributed by atoms with Crippen LogP contribution in [0.25, 0.3) is 33.5 Å². The zero-order chi connectivity index (χ0) is 20.0. The Hall–Kier alpha value is -2.97. The lowest BCUT2D eigenvalue weighted by Gasteiger charge is -2.35. The molecule has 1 atom stereocenters. The Balaban J connectivity index is 1.45. The number of hydrogen-bond acceptors (Lipinski definition) is 5. The van der Waals surface area contributed by atoms with Crippen LogP contribution in [0.15, 0.2) is 36.4 Å². The van der Waals surface area contributed by atoms with Crippen molar-refractivity contribution in [1.29, 1.82) is 0 Å². The van der Waals surface area contributed by atoms with Gasteiger partial charge in [0.1, 0.15) is 11.5 Å². The van der Waals surface area contributed by atoms with Gasteiger partial charge in [-0.25, -0.2) is 9.37 Å². The monoisotopic (exact) mass is 394 g/mol. The zero-order valence-electron chi connectivity index (χ0n) is 16.4. The maximum atomic E-state index is 13.4. The SMILES string of the molecule is CN(C)CC1CN(c2ccc3nc(-c4n[nH]c5cc(F)ccc45)[nH]c3c2)CCO1. The molecule has 0 radical (unpaired) electrons. The number of nitrogens with zero attached hydrogens (tertiary/aromatic N) is 4. The molecule has 1 unspecified atom stereocenters. The number of ether oxygens (including phenoxy) is 1. The number of benzene rings is 2. The van der Waals surface area contributed by atoms with Gasteiger partial charge in [0.2, 0.25) is 0 Å². The molecule has 8 heteroatoms. The van der Waals surface area contributed by atoms with Crippen LogP contribution >= 0.6 is 0 Å². The van der Waals surface area contributed by atoms with Crippen LogP contribution in [0, 0.1) is 5.82 Å². The first-order valence-corrected chi connectivity index (χ1v) is 9.72. The van der Waals surface area contributed by atoms with Gasteiger partial charge in [0.05, 0.1) is 29.3 Å². The average molecular weight is 394 g/mol. The van der Waals surface area contributed by atoms with Gasteiger partial charge < -0.3 is 19.5 Å². The minimum atomic E-state index is -0.292. The van der Waals surface area contributed by atoms with Gasteiger partial charge in [-0.15, -0.1) is 0 Å². The normalized spacial score (nSPS) is 17.7. The standard InChI is InChI=1S/C21H23FN6O/c1-27(2)11-15-12-28(7-8-29-15)14-4-6-17-19(10-14)24-21(23-17)20-16-5-3-13(22)9-18(16)25-26-20/h3-6,9-10,15H,7-8,11-12H2,1-2H3,(H,23,24)(H,25,26). The van der Waals surface area contributed by atoms with Crippen molar-refractivity contribution in [2.45, 2.75) is 6.10 Å². The summed E-state index contributed by atoms with van der Waals surface area (Å²) >= 11 is 0. The molecule has 29 heavy (non-hydrogen) atoms. The lowest BCUT2D eigenvalue weighted by atomic mass is 10.2. The van der Waals surface area contributed by atoms with Gasteiger partial charge in [0.25, 0.3) is 0 Å². The number of aromatic amines is 2. The van der Waals surface area contributed by atoms with Crippen LogP contribution in [0.3, 0.4) is 0 Å². The van der Waals surface area contributed by atoms with Gasteiger partial charge >= 0.3 is 0 Å². The number of halogens is 1. The Morgan fingerprint density at radius 2 is 2.10 bits per heavy atom. The van der Waals surface area contributed by atoms with Gasteiger partial charge in [-0.3, -0.25) is 5.10 Å². The number of rotatable bonds is 4. The number of nitrogens with one attached hydrogen (secondary N) is 2. The molecule has 2 aromatic carbocycles. The van der Waals surface area contributed by atoms with E-state index in [-0.39, 0.29) is 11.9 Å². The fourth-order valence-corrected chi connectivity index (χ4v) is 3.95. The number of aromatic nitrogens is 4. The number of hydrogen-bond donors (Lipinski definition) is 2. The van der Waals surface area contributed by atoms with E-state index in [4.69, 9.17) is 4.74 Å². The molecule has 1 aliphatic rings. The summed E-state index contributed by atoms with van der Waals surface area (Å²) in [5, 5.41) is 8.05. The summed E-state index contributed by atoms with van der Waals surface area (Å²) < 4.78 is 19.3. The topological polar surface area (TPSA) is 73.1 Å². The van der Waals surface area contributed by atoms with E-state index >= 15 is 0 Å². The number of anilines is 1. The summed E-state index contributed by atoms with van der Waals surface area (Å²) in [5.41, 5.74) is 4.32. The Bertz CT molecular complexity index is 1170. The van der Waals surface area contributed by atoms with E-state index in [9.17, 15) is 4.39 Å². The Morgan fingerprint density at radius 1 is 1.21 bits per heavy atom. The number of likely N-dealkylation sites (N-methyl/N-ethyl adjacent to an activating group) is 1. The first-order chi connectivity index (χ1) is 14.1. The largest absolute Gasteiger partial charge is 0.373 e. The molecule has 0 amide bonds. The van der Waals surface area contributed by atoms with Gasteiger partial charge in [0.15, 0.2) is 5.82 Å². The third-order valence-electron chi connectivity index (χ3n) is 5.29. The third kappa shape index (κ3) is 3.45. The van der Waals surface area contributed by atoms with Crippen molar-refractivity contribution in [3.05, 3.63) is 42.2 Å². The van der Waals surface area contributed by atoms with Crippen LogP contribution in [0.5, 0.6) is 0 Å². The summed E-state index contributed by atoms with van der Waals surface area (Å²) in [4.78, 5) is 12.6. The second kappa shape index (κ2) is 7.13. The van der Waals surface area contributed by atoms with E-state index in [0.717, 1.165) is 48.3 Å². The molecule has 3 heterocycles. The van der Waals surface area contributed by atoms with Crippen LogP contribution < -0.4 is 4.90 Å². The van der Waals surface area contributed by atoms with Crippen LogP contribution in [-0.2, 0) is 4.74 Å². The molecular weight excluding hydrogens is 371 g/mol. The third-order valence-corrected chi connectivity index (χ3v) is 5.29. The number of fused-ring (bicyclic) bond motifs is 2. The summed E-state index contributed by atoms with van der Waals surface area (Å²) in [7, 11) is 4.13. The molecule has 0 saturated carbocycles. The van der Waals surface area contributed by atoms with Crippen molar-refractivity contribution in [2.24, 2.45) is 0 Å². The summed E-state index contributed by atoms with van der Waals surface area (Å²) in [5.74, 6) is 0.377. The van der Waals surface area contributed by atoms with Crippen molar-refractivity contribution < 1.29 is 9.13 Å². The van der Waals surface area contributed by atoms with E-state index in [0.29, 0.717) is 17.0 Å². The molecule has 5 rings (SSSR count). The first kappa shape index (κ1) is 18.1. The number of imidazole rings is 1. The number of morpholine rings is 1. The number of H-pyrrole nitrogens is 2. The summed E-state index contributed by atoms with van der Waals surface area (Å²) in [6, 6.07) is 10.8. The lowest BCUT2D eigenvalue weighted by molar-refractivity contribution is 0.0248. The highest BCUT2D eigenvalue weighted by Crippen LogP contribution is 2.28. The highest BCUT2D eigenvalue weighted by atomic mass is 19.1. The first-order valence-electron chi connectivity index (χ1n) is 9.72. The highest BCUT2D eigenvalue weighted by molar-refractivity contribution is 5.93. The van der Waals surface area contributed by atoms with Crippen LogP contribution in [0.2, 0.25) is 0 Å². The predicted molar refractivity (Wildman–Crippen MR) is 112 cm³/mol. The van der Waals surface area contributed by atoms with Crippen molar-refractivity contribution in [3.8, 4) is 11.5 Å². The quantitative estimate of drug-likeness (QED) is 0.557. The van der Waals surface area contributed by atoms with E-state index in [1.807, 2.05) is 6.07 Å². The Kier molecular flexibility index (Phi) is 4.44. The predicted octanol–water partition coefficient (Wildman–Crippen LogP) is 3.01. The highest BCUT2D eigenvalue weighted by Gasteiger charge is 2.22. The van der Waals surface area contributed by atoms with Crippen LogP contribution in [-0.4, -0.2) is 71.5 Å². The van der Waals surface area contributed by atoms with Crippen molar-refractivity contribution in [3.63, 3.8) is 0 Å². The molecule has 0 bridgehead atoms. The van der Waals surface area contributed by atoms with Gasteiger partial charge in [-0.2, -0.15) is 5.10 Å². The fraction of sp³-hybridized carbons (Fsp3) is 0.333. The molecule has 2 N–H and O–H groups in total. The molecule has 2 aromatic heterocycles. The van der Waals surface area contributed by atoms with Crippen molar-refractivity contribution in [2.75, 3.05) is 45.2 Å². The van der Waals surface area contributed by atoms with Crippen molar-refractivity contribution in [1.82, 2.24) is 25.1 Å². The summed E-state index contributed by atoms with van der Waals surface area (Å²) in [6.45, 7) is 3.35. The molecule has 4 aromatic rings. The van der Waals surface area contributed by atoms with E-state index < -0.39 is 0 Å². The zero-order valence-corrected chi connectivity index (χ0v) is 16.4. The van der Waals surface area contributed by atoms with Crippen molar-refractivity contribution >= 4 is 27.6 Å². The lowest BCUT2D eigenvalue weighted by Crippen LogP contribution is -2.46. The molecular formula is C21H23FN6O. The Labute approximate surface area is 167 Å². The molecule has 150 valence electrons. The van der Waals surface area contributed by atoms with Crippen LogP contribution in [0.1, 0.15) is 0 Å². The smallest absolute Gasteiger partial charge is 0.159 e. The van der Waals surface area contributed by atoms with Gasteiger partial charge in [-0.05, 0) is 50.5 Å². The average Bonchev–Trinajstić information content (AvgIpc) is 3.30. The molecule has 1 aliphatic heterocycles. The fourth-order valence-electron chi connectivity index (χ4n) is 3.95. The van der Waals surface area contributed by atoms with E-state index in [1.54, 1.807) is 6.07 Å². The molecule has 1 fully saturated rings. The van der Waals surface area contributed by atoms with Crippen LogP contribution in [0.4, 0.5) is 10.1 Å². The van der Waals surface area contributed by atoms with E-state index in [2.05, 4.69) is 56.2 Å². The Morgan fingerprint density at radius 3 is 2.97 bits per heavy atom. The minimum absolute atomic E-state index is 0.197. The van der Waals surface area contributed by atoms with Gasteiger partial charge in [0, 0.05) is 30.7 Å².